The van der Waals surface area contributed by atoms with Crippen LogP contribution in [0.4, 0.5) is 0 Å². The number of benzene rings is 6. The van der Waals surface area contributed by atoms with Gasteiger partial charge >= 0.3 is 0 Å². The van der Waals surface area contributed by atoms with Crippen molar-refractivity contribution >= 4 is 43.4 Å². The summed E-state index contributed by atoms with van der Waals surface area (Å²) in [6.45, 7) is 0. The average Bonchev–Trinajstić information content (AvgIpc) is 3.09. The Morgan fingerprint density at radius 3 is 1.18 bits per heavy atom. The Balaban J connectivity index is 1.34. The Bertz CT molecular complexity index is 2140. The second-order valence-corrected chi connectivity index (χ2v) is 12.1. The van der Waals surface area contributed by atoms with Crippen molar-refractivity contribution < 1.29 is 0 Å². The molecule has 1 fully saturated rings. The quantitative estimate of drug-likeness (QED) is 0.199. The lowest BCUT2D eigenvalue weighted by molar-refractivity contribution is 0.231. The standard InChI is InChI=1S/C42H30N2/c1-3-13-29(14-4-1)37-38(30-15-5-2-6-16-30)40(34-24-26-44-42-32-18-10-8-12-28(32)20-22-36(34)42)39(37)33-23-25-43-41-31-17-9-7-11-27(31)19-21-35(33)41/h1-26,37-40H/t37-,38-,39-,40-/m1/s1. The van der Waals surface area contributed by atoms with Crippen LogP contribution in [0, 0.1) is 0 Å². The number of aromatic nitrogens is 2. The monoisotopic (exact) mass is 562 g/mol. The maximum absolute atomic E-state index is 4.96. The molecule has 2 heterocycles. The van der Waals surface area contributed by atoms with Gasteiger partial charge in [-0.05, 0) is 68.8 Å². The van der Waals surface area contributed by atoms with E-state index in [1.807, 2.05) is 12.4 Å². The van der Waals surface area contributed by atoms with Crippen LogP contribution in [0.15, 0.2) is 158 Å². The molecule has 0 unspecified atom stereocenters. The summed E-state index contributed by atoms with van der Waals surface area (Å²) in [7, 11) is 0. The number of nitrogens with zero attached hydrogens (tertiary/aromatic N) is 2. The minimum absolute atomic E-state index is 0.256. The van der Waals surface area contributed by atoms with E-state index in [1.54, 1.807) is 0 Å². The minimum Gasteiger partial charge on any atom is -0.256 e. The molecule has 8 aromatic rings. The van der Waals surface area contributed by atoms with Crippen molar-refractivity contribution in [3.05, 3.63) is 180 Å². The second-order valence-electron chi connectivity index (χ2n) is 12.1. The molecule has 208 valence electrons. The summed E-state index contributed by atoms with van der Waals surface area (Å²) in [6, 6.07) is 53.2. The number of hydrogen-bond donors (Lipinski definition) is 0. The molecule has 0 radical (unpaired) electrons. The molecule has 4 atom stereocenters. The van der Waals surface area contributed by atoms with E-state index in [1.165, 1.54) is 54.6 Å². The normalized spacial score (nSPS) is 19.8. The molecule has 2 aromatic heterocycles. The van der Waals surface area contributed by atoms with Gasteiger partial charge in [0.1, 0.15) is 0 Å². The SMILES string of the molecule is c1ccc([C@@H]2[C@@H](c3ccccc3)[C@@H](c3ccnc4c3ccc3ccccc34)[C@@H]2c2ccnc3c2ccc2ccccc23)cc1. The van der Waals surface area contributed by atoms with Crippen LogP contribution in [-0.4, -0.2) is 9.97 Å². The summed E-state index contributed by atoms with van der Waals surface area (Å²) in [5.41, 5.74) is 7.68. The number of rotatable bonds is 4. The molecule has 2 nitrogen and oxygen atoms in total. The van der Waals surface area contributed by atoms with Crippen molar-refractivity contribution in [2.45, 2.75) is 23.7 Å². The molecule has 0 N–H and O–H groups in total. The summed E-state index contributed by atoms with van der Waals surface area (Å²) in [6.07, 6.45) is 4.05. The fraction of sp³-hybridized carbons (Fsp3) is 0.0952. The molecule has 1 aliphatic carbocycles. The lowest BCUT2D eigenvalue weighted by atomic mass is 9.48. The molecule has 2 heteroatoms. The van der Waals surface area contributed by atoms with Crippen LogP contribution in [-0.2, 0) is 0 Å². The highest BCUT2D eigenvalue weighted by Crippen LogP contribution is 2.67. The minimum atomic E-state index is 0.256. The Morgan fingerprint density at radius 2 is 0.727 bits per heavy atom. The summed E-state index contributed by atoms with van der Waals surface area (Å²) < 4.78 is 0. The number of pyridine rings is 2. The summed E-state index contributed by atoms with van der Waals surface area (Å²) in [5, 5.41) is 7.36. The van der Waals surface area contributed by atoms with Crippen LogP contribution < -0.4 is 0 Å². The van der Waals surface area contributed by atoms with Crippen LogP contribution in [0.1, 0.15) is 45.9 Å². The topological polar surface area (TPSA) is 25.8 Å². The van der Waals surface area contributed by atoms with Gasteiger partial charge in [0.25, 0.3) is 0 Å². The van der Waals surface area contributed by atoms with Crippen molar-refractivity contribution in [2.75, 3.05) is 0 Å². The average molecular weight is 563 g/mol. The zero-order valence-electron chi connectivity index (χ0n) is 24.2. The Morgan fingerprint density at radius 1 is 0.318 bits per heavy atom. The van der Waals surface area contributed by atoms with Crippen molar-refractivity contribution in [3.8, 4) is 0 Å². The van der Waals surface area contributed by atoms with E-state index in [0.717, 1.165) is 11.0 Å². The van der Waals surface area contributed by atoms with E-state index in [0.29, 0.717) is 11.8 Å². The van der Waals surface area contributed by atoms with Gasteiger partial charge in [-0.15, -0.1) is 0 Å². The van der Waals surface area contributed by atoms with Gasteiger partial charge in [0.2, 0.25) is 0 Å². The lowest BCUT2D eigenvalue weighted by Crippen LogP contribution is -2.40. The van der Waals surface area contributed by atoms with Gasteiger partial charge in [0.05, 0.1) is 11.0 Å². The predicted molar refractivity (Wildman–Crippen MR) is 182 cm³/mol. The Kier molecular flexibility index (Phi) is 5.80. The van der Waals surface area contributed by atoms with E-state index in [2.05, 4.69) is 146 Å². The first-order chi connectivity index (χ1) is 21.9. The molecule has 44 heavy (non-hydrogen) atoms. The van der Waals surface area contributed by atoms with Crippen molar-refractivity contribution in [2.24, 2.45) is 0 Å². The zero-order chi connectivity index (χ0) is 29.0. The van der Waals surface area contributed by atoms with Crippen LogP contribution in [0.3, 0.4) is 0 Å². The van der Waals surface area contributed by atoms with Gasteiger partial charge < -0.3 is 0 Å². The molecule has 0 spiro atoms. The van der Waals surface area contributed by atoms with Crippen molar-refractivity contribution in [3.63, 3.8) is 0 Å². The predicted octanol–water partition coefficient (Wildman–Crippen LogP) is 10.5. The number of fused-ring (bicyclic) bond motifs is 6. The summed E-state index contributed by atoms with van der Waals surface area (Å²) in [5.74, 6) is 1.13. The maximum atomic E-state index is 4.96. The molecular weight excluding hydrogens is 532 g/mol. The molecule has 9 rings (SSSR count). The van der Waals surface area contributed by atoms with Gasteiger partial charge in [-0.25, -0.2) is 0 Å². The highest BCUT2D eigenvalue weighted by Gasteiger charge is 2.53. The Labute approximate surface area is 256 Å². The van der Waals surface area contributed by atoms with Gasteiger partial charge in [-0.2, -0.15) is 0 Å². The molecule has 0 saturated heterocycles. The zero-order valence-corrected chi connectivity index (χ0v) is 24.2. The first-order valence-electron chi connectivity index (χ1n) is 15.5. The van der Waals surface area contributed by atoms with E-state index in [-0.39, 0.29) is 11.8 Å². The van der Waals surface area contributed by atoms with E-state index < -0.39 is 0 Å². The van der Waals surface area contributed by atoms with E-state index in [9.17, 15) is 0 Å². The maximum Gasteiger partial charge on any atom is 0.0783 e. The Hall–Kier alpha value is -5.34. The lowest BCUT2D eigenvalue weighted by Gasteiger charge is -2.54. The van der Waals surface area contributed by atoms with Crippen LogP contribution in [0.2, 0.25) is 0 Å². The third kappa shape index (κ3) is 3.81. The van der Waals surface area contributed by atoms with E-state index >= 15 is 0 Å². The van der Waals surface area contributed by atoms with Crippen LogP contribution >= 0.6 is 0 Å². The van der Waals surface area contributed by atoms with Crippen LogP contribution in [0.25, 0.3) is 43.4 Å². The number of hydrogen-bond acceptors (Lipinski definition) is 2. The largest absolute Gasteiger partial charge is 0.256 e. The summed E-state index contributed by atoms with van der Waals surface area (Å²) >= 11 is 0. The first-order valence-corrected chi connectivity index (χ1v) is 15.5. The van der Waals surface area contributed by atoms with E-state index in [4.69, 9.17) is 9.97 Å². The van der Waals surface area contributed by atoms with Gasteiger partial charge in [0, 0.05) is 33.9 Å². The molecular formula is C42H30N2. The van der Waals surface area contributed by atoms with Gasteiger partial charge in [-0.3, -0.25) is 9.97 Å². The van der Waals surface area contributed by atoms with Crippen molar-refractivity contribution in [1.82, 2.24) is 9.97 Å². The smallest absolute Gasteiger partial charge is 0.0783 e. The molecule has 0 aliphatic heterocycles. The third-order valence-corrected chi connectivity index (χ3v) is 9.97. The molecule has 1 aliphatic rings. The van der Waals surface area contributed by atoms with Crippen molar-refractivity contribution in [1.29, 1.82) is 0 Å². The molecule has 1 saturated carbocycles. The fourth-order valence-corrected chi connectivity index (χ4v) is 8.10. The first kappa shape index (κ1) is 25.2. The molecule has 0 bridgehead atoms. The van der Waals surface area contributed by atoms with Crippen LogP contribution in [0.5, 0.6) is 0 Å². The fourth-order valence-electron chi connectivity index (χ4n) is 8.10. The second kappa shape index (κ2) is 10.1. The van der Waals surface area contributed by atoms with Gasteiger partial charge in [-0.1, -0.05) is 133 Å². The molecule has 6 aromatic carbocycles. The third-order valence-electron chi connectivity index (χ3n) is 9.97. The molecule has 0 amide bonds. The highest BCUT2D eigenvalue weighted by molar-refractivity contribution is 6.07. The highest BCUT2D eigenvalue weighted by atomic mass is 14.7. The summed E-state index contributed by atoms with van der Waals surface area (Å²) in [4.78, 5) is 9.92. The van der Waals surface area contributed by atoms with Gasteiger partial charge in [0.15, 0.2) is 0 Å².